The third kappa shape index (κ3) is 3.30. The number of anilines is 1. The zero-order chi connectivity index (χ0) is 13.0. The van der Waals surface area contributed by atoms with E-state index in [1.165, 1.54) is 0 Å². The van der Waals surface area contributed by atoms with Gasteiger partial charge in [0.2, 0.25) is 5.91 Å². The van der Waals surface area contributed by atoms with Crippen molar-refractivity contribution >= 4 is 11.6 Å². The summed E-state index contributed by atoms with van der Waals surface area (Å²) in [6.07, 6.45) is 0. The van der Waals surface area contributed by atoms with Crippen molar-refractivity contribution < 1.29 is 4.79 Å². The number of hydrogen-bond acceptors (Lipinski definition) is 2. The van der Waals surface area contributed by atoms with Crippen LogP contribution in [0.3, 0.4) is 0 Å². The molecule has 0 saturated heterocycles. The molecule has 1 aromatic rings. The Kier molecular flexibility index (Phi) is 4.70. The molecular weight excluding hydrogens is 212 g/mol. The molecule has 0 aliphatic heterocycles. The van der Waals surface area contributed by atoms with Crippen LogP contribution in [-0.4, -0.2) is 12.5 Å². The summed E-state index contributed by atoms with van der Waals surface area (Å²) < 4.78 is 0. The van der Waals surface area contributed by atoms with Gasteiger partial charge in [0.1, 0.15) is 0 Å². The summed E-state index contributed by atoms with van der Waals surface area (Å²) >= 11 is 0. The van der Waals surface area contributed by atoms with Crippen LogP contribution in [0.5, 0.6) is 0 Å². The van der Waals surface area contributed by atoms with E-state index in [1.54, 1.807) is 0 Å². The van der Waals surface area contributed by atoms with E-state index in [2.05, 4.69) is 45.1 Å². The third-order valence-electron chi connectivity index (χ3n) is 2.82. The molecule has 3 N–H and O–H groups in total. The lowest BCUT2D eigenvalue weighted by Crippen LogP contribution is -2.23. The molecule has 0 aliphatic rings. The molecule has 0 fully saturated rings. The molecule has 17 heavy (non-hydrogen) atoms. The fourth-order valence-corrected chi connectivity index (χ4v) is 1.89. The number of nitrogens with one attached hydrogen (secondary N) is 1. The summed E-state index contributed by atoms with van der Waals surface area (Å²) in [4.78, 5) is 11.5. The Bertz CT molecular complexity index is 371. The first-order valence-corrected chi connectivity index (χ1v) is 6.10. The first kappa shape index (κ1) is 13.7. The van der Waals surface area contributed by atoms with Crippen LogP contribution < -0.4 is 11.1 Å². The quantitative estimate of drug-likeness (QED) is 0.841. The number of hydrogen-bond donors (Lipinski definition) is 2. The Hall–Kier alpha value is -1.35. The fraction of sp³-hybridized carbons (Fsp3) is 0.500. The molecule has 0 heterocycles. The summed E-state index contributed by atoms with van der Waals surface area (Å²) in [6.45, 7) is 8.51. The fourth-order valence-electron chi connectivity index (χ4n) is 1.89. The largest absolute Gasteiger partial charge is 0.324 e. The second-order valence-electron chi connectivity index (χ2n) is 4.87. The summed E-state index contributed by atoms with van der Waals surface area (Å²) in [6, 6.07) is 6.16. The molecule has 1 amide bonds. The van der Waals surface area contributed by atoms with Gasteiger partial charge in [0.05, 0.1) is 6.54 Å². The molecule has 0 atom stereocenters. The van der Waals surface area contributed by atoms with Crippen molar-refractivity contribution in [3.63, 3.8) is 0 Å². The highest BCUT2D eigenvalue weighted by Crippen LogP contribution is 2.32. The minimum Gasteiger partial charge on any atom is -0.324 e. The van der Waals surface area contributed by atoms with E-state index in [-0.39, 0.29) is 12.5 Å². The lowest BCUT2D eigenvalue weighted by atomic mass is 9.92. The van der Waals surface area contributed by atoms with Gasteiger partial charge in [-0.1, -0.05) is 45.9 Å². The Morgan fingerprint density at radius 2 is 1.65 bits per heavy atom. The zero-order valence-corrected chi connectivity index (χ0v) is 11.1. The Morgan fingerprint density at radius 1 is 1.18 bits per heavy atom. The number of amides is 1. The number of carbonyl (C=O) groups is 1. The molecule has 0 spiro atoms. The molecule has 0 saturated carbocycles. The highest BCUT2D eigenvalue weighted by atomic mass is 16.1. The Labute approximate surface area is 103 Å². The first-order valence-electron chi connectivity index (χ1n) is 6.10. The minimum atomic E-state index is -0.139. The van der Waals surface area contributed by atoms with Crippen LogP contribution in [0.2, 0.25) is 0 Å². The smallest absolute Gasteiger partial charge is 0.238 e. The molecule has 3 nitrogen and oxygen atoms in total. The minimum absolute atomic E-state index is 0.0178. The van der Waals surface area contributed by atoms with Gasteiger partial charge in [0.15, 0.2) is 0 Å². The Balaban J connectivity index is 3.23. The number of nitrogens with two attached hydrogens (primary N) is 1. The molecule has 1 aromatic carbocycles. The summed E-state index contributed by atoms with van der Waals surface area (Å²) in [5, 5.41) is 2.93. The SMILES string of the molecule is CC(C)c1cccc(C(C)C)c1NC(=O)CN. The molecule has 0 aliphatic carbocycles. The van der Waals surface area contributed by atoms with E-state index in [0.717, 1.165) is 16.8 Å². The van der Waals surface area contributed by atoms with Crippen LogP contribution in [0, 0.1) is 0 Å². The second-order valence-corrected chi connectivity index (χ2v) is 4.87. The standard InChI is InChI=1S/C14H22N2O/c1-9(2)11-6-5-7-12(10(3)4)14(11)16-13(17)8-15/h5-7,9-10H,8,15H2,1-4H3,(H,16,17). The first-order chi connectivity index (χ1) is 7.97. The van der Waals surface area contributed by atoms with E-state index in [0.29, 0.717) is 11.8 Å². The molecule has 94 valence electrons. The summed E-state index contributed by atoms with van der Waals surface area (Å²) in [7, 11) is 0. The van der Waals surface area contributed by atoms with Crippen molar-refractivity contribution in [1.29, 1.82) is 0 Å². The predicted octanol–water partition coefficient (Wildman–Crippen LogP) is 2.83. The predicted molar refractivity (Wildman–Crippen MR) is 72.3 cm³/mol. The molecule has 0 bridgehead atoms. The van der Waals surface area contributed by atoms with E-state index in [9.17, 15) is 4.79 Å². The van der Waals surface area contributed by atoms with E-state index in [4.69, 9.17) is 5.73 Å². The van der Waals surface area contributed by atoms with Crippen molar-refractivity contribution in [3.05, 3.63) is 29.3 Å². The van der Waals surface area contributed by atoms with Gasteiger partial charge in [-0.3, -0.25) is 4.79 Å². The molecule has 3 heteroatoms. The maximum absolute atomic E-state index is 11.5. The zero-order valence-electron chi connectivity index (χ0n) is 11.1. The van der Waals surface area contributed by atoms with Crippen molar-refractivity contribution in [2.24, 2.45) is 5.73 Å². The van der Waals surface area contributed by atoms with Crippen LogP contribution in [-0.2, 0) is 4.79 Å². The van der Waals surface area contributed by atoms with Gasteiger partial charge in [0, 0.05) is 5.69 Å². The van der Waals surface area contributed by atoms with Crippen LogP contribution in [0.1, 0.15) is 50.7 Å². The van der Waals surface area contributed by atoms with Crippen molar-refractivity contribution in [1.82, 2.24) is 0 Å². The number of para-hydroxylation sites is 1. The highest BCUT2D eigenvalue weighted by molar-refractivity contribution is 5.93. The molecule has 0 aromatic heterocycles. The second kappa shape index (κ2) is 5.82. The molecule has 1 rings (SSSR count). The van der Waals surface area contributed by atoms with E-state index in [1.807, 2.05) is 6.07 Å². The van der Waals surface area contributed by atoms with Gasteiger partial charge in [-0.15, -0.1) is 0 Å². The summed E-state index contributed by atoms with van der Waals surface area (Å²) in [5.74, 6) is 0.614. The average molecular weight is 234 g/mol. The van der Waals surface area contributed by atoms with Gasteiger partial charge < -0.3 is 11.1 Å². The molecular formula is C14H22N2O. The molecule has 0 unspecified atom stereocenters. The lowest BCUT2D eigenvalue weighted by Gasteiger charge is -2.19. The van der Waals surface area contributed by atoms with E-state index < -0.39 is 0 Å². The maximum Gasteiger partial charge on any atom is 0.238 e. The Morgan fingerprint density at radius 3 is 2.00 bits per heavy atom. The van der Waals surface area contributed by atoms with Gasteiger partial charge in [0.25, 0.3) is 0 Å². The topological polar surface area (TPSA) is 55.1 Å². The number of rotatable bonds is 4. The van der Waals surface area contributed by atoms with Crippen LogP contribution in [0.15, 0.2) is 18.2 Å². The van der Waals surface area contributed by atoms with Crippen LogP contribution >= 0.6 is 0 Å². The molecule has 0 radical (unpaired) electrons. The van der Waals surface area contributed by atoms with Crippen LogP contribution in [0.4, 0.5) is 5.69 Å². The monoisotopic (exact) mass is 234 g/mol. The van der Waals surface area contributed by atoms with Gasteiger partial charge >= 0.3 is 0 Å². The van der Waals surface area contributed by atoms with Gasteiger partial charge in [-0.25, -0.2) is 0 Å². The average Bonchev–Trinajstić information content (AvgIpc) is 2.28. The van der Waals surface area contributed by atoms with Crippen molar-refractivity contribution in [3.8, 4) is 0 Å². The van der Waals surface area contributed by atoms with Crippen LogP contribution in [0.25, 0.3) is 0 Å². The lowest BCUT2D eigenvalue weighted by molar-refractivity contribution is -0.114. The number of benzene rings is 1. The maximum atomic E-state index is 11.5. The van der Waals surface area contributed by atoms with Gasteiger partial charge in [-0.2, -0.15) is 0 Å². The normalized spacial score (nSPS) is 11.0. The van der Waals surface area contributed by atoms with Crippen molar-refractivity contribution in [2.75, 3.05) is 11.9 Å². The van der Waals surface area contributed by atoms with E-state index >= 15 is 0 Å². The highest BCUT2D eigenvalue weighted by Gasteiger charge is 2.14. The third-order valence-corrected chi connectivity index (χ3v) is 2.82. The number of carbonyl (C=O) groups excluding carboxylic acids is 1. The van der Waals surface area contributed by atoms with Gasteiger partial charge in [-0.05, 0) is 23.0 Å². The van der Waals surface area contributed by atoms with Crippen molar-refractivity contribution in [2.45, 2.75) is 39.5 Å². The summed E-state index contributed by atoms with van der Waals surface area (Å²) in [5.41, 5.74) is 8.63.